The van der Waals surface area contributed by atoms with Crippen molar-refractivity contribution in [3.8, 4) is 0 Å². The summed E-state index contributed by atoms with van der Waals surface area (Å²) in [5.74, 6) is 0.821. The monoisotopic (exact) mass is 250 g/mol. The van der Waals surface area contributed by atoms with Crippen LogP contribution >= 0.6 is 0 Å². The molecule has 3 nitrogen and oxygen atoms in total. The summed E-state index contributed by atoms with van der Waals surface area (Å²) in [4.78, 5) is 17.1. The lowest BCUT2D eigenvalue weighted by atomic mass is 10.1. The first-order valence-electron chi connectivity index (χ1n) is 7.87. The van der Waals surface area contributed by atoms with Crippen LogP contribution in [-0.4, -0.2) is 47.9 Å². The van der Waals surface area contributed by atoms with Gasteiger partial charge < -0.3 is 4.90 Å². The van der Waals surface area contributed by atoms with Crippen molar-refractivity contribution in [2.24, 2.45) is 5.92 Å². The van der Waals surface area contributed by atoms with Crippen molar-refractivity contribution in [2.75, 3.05) is 26.2 Å². The highest BCUT2D eigenvalue weighted by Crippen LogP contribution is 2.28. The first kappa shape index (κ1) is 12.5. The summed E-state index contributed by atoms with van der Waals surface area (Å²) in [5, 5.41) is 0. The molecule has 2 aliphatic carbocycles. The molecule has 3 aliphatic rings. The zero-order valence-electron chi connectivity index (χ0n) is 11.4. The molecule has 0 spiro atoms. The smallest absolute Gasteiger partial charge is 0.225 e. The molecular formula is C15H26N2O. The molecule has 1 aliphatic heterocycles. The van der Waals surface area contributed by atoms with Gasteiger partial charge in [0.2, 0.25) is 5.91 Å². The number of nitrogens with zero attached hydrogens (tertiary/aromatic N) is 2. The van der Waals surface area contributed by atoms with Gasteiger partial charge in [0, 0.05) is 38.1 Å². The van der Waals surface area contributed by atoms with Crippen LogP contribution in [0, 0.1) is 5.92 Å². The van der Waals surface area contributed by atoms with Gasteiger partial charge >= 0.3 is 0 Å². The molecular weight excluding hydrogens is 224 g/mol. The van der Waals surface area contributed by atoms with E-state index in [1.807, 2.05) is 0 Å². The molecule has 1 heterocycles. The third-order valence-corrected chi connectivity index (χ3v) is 5.17. The SMILES string of the molecule is O=C(C1CCCC1)N1CCN(C2CCCC2)CC1. The molecule has 1 amide bonds. The van der Waals surface area contributed by atoms with Crippen molar-refractivity contribution in [1.29, 1.82) is 0 Å². The second kappa shape index (κ2) is 5.60. The van der Waals surface area contributed by atoms with E-state index >= 15 is 0 Å². The van der Waals surface area contributed by atoms with Crippen molar-refractivity contribution >= 4 is 5.91 Å². The normalized spacial score (nSPS) is 28.1. The minimum absolute atomic E-state index is 0.364. The lowest BCUT2D eigenvalue weighted by Crippen LogP contribution is -2.52. The van der Waals surface area contributed by atoms with E-state index in [2.05, 4.69) is 9.80 Å². The van der Waals surface area contributed by atoms with Gasteiger partial charge in [-0.25, -0.2) is 0 Å². The number of hydrogen-bond donors (Lipinski definition) is 0. The maximum atomic E-state index is 12.3. The van der Waals surface area contributed by atoms with Gasteiger partial charge in [0.15, 0.2) is 0 Å². The van der Waals surface area contributed by atoms with Crippen molar-refractivity contribution < 1.29 is 4.79 Å². The Bertz CT molecular complexity index is 285. The molecule has 0 bridgehead atoms. The summed E-state index contributed by atoms with van der Waals surface area (Å²) in [6, 6.07) is 0.828. The molecule has 0 aromatic rings. The first-order valence-corrected chi connectivity index (χ1v) is 7.87. The first-order chi connectivity index (χ1) is 8.84. The zero-order valence-corrected chi connectivity index (χ0v) is 11.4. The van der Waals surface area contributed by atoms with Gasteiger partial charge in [-0.3, -0.25) is 9.69 Å². The van der Waals surface area contributed by atoms with E-state index in [0.717, 1.165) is 45.1 Å². The highest BCUT2D eigenvalue weighted by molar-refractivity contribution is 5.79. The van der Waals surface area contributed by atoms with E-state index in [4.69, 9.17) is 0 Å². The van der Waals surface area contributed by atoms with Crippen molar-refractivity contribution in [2.45, 2.75) is 57.4 Å². The molecule has 0 atom stereocenters. The maximum Gasteiger partial charge on any atom is 0.225 e. The molecule has 18 heavy (non-hydrogen) atoms. The van der Waals surface area contributed by atoms with E-state index < -0.39 is 0 Å². The Kier molecular flexibility index (Phi) is 3.88. The molecule has 1 saturated heterocycles. The third-order valence-electron chi connectivity index (χ3n) is 5.17. The van der Waals surface area contributed by atoms with Crippen LogP contribution in [0.1, 0.15) is 51.4 Å². The van der Waals surface area contributed by atoms with Crippen LogP contribution < -0.4 is 0 Å². The van der Waals surface area contributed by atoms with Gasteiger partial charge in [0.05, 0.1) is 0 Å². The quantitative estimate of drug-likeness (QED) is 0.750. The molecule has 0 aromatic heterocycles. The third kappa shape index (κ3) is 2.56. The Morgan fingerprint density at radius 2 is 1.33 bits per heavy atom. The van der Waals surface area contributed by atoms with Crippen LogP contribution in [0.15, 0.2) is 0 Å². The average molecular weight is 250 g/mol. The van der Waals surface area contributed by atoms with E-state index in [1.54, 1.807) is 0 Å². The second-order valence-corrected chi connectivity index (χ2v) is 6.28. The van der Waals surface area contributed by atoms with E-state index in [0.29, 0.717) is 11.8 Å². The van der Waals surface area contributed by atoms with Crippen molar-refractivity contribution in [1.82, 2.24) is 9.80 Å². The summed E-state index contributed by atoms with van der Waals surface area (Å²) >= 11 is 0. The molecule has 0 aromatic carbocycles. The molecule has 2 saturated carbocycles. The van der Waals surface area contributed by atoms with Gasteiger partial charge in [-0.15, -0.1) is 0 Å². The van der Waals surface area contributed by atoms with Crippen LogP contribution in [0.3, 0.4) is 0 Å². The minimum Gasteiger partial charge on any atom is -0.340 e. The molecule has 0 radical (unpaired) electrons. The van der Waals surface area contributed by atoms with E-state index in [-0.39, 0.29) is 0 Å². The fourth-order valence-electron chi connectivity index (χ4n) is 4.01. The second-order valence-electron chi connectivity index (χ2n) is 6.28. The maximum absolute atomic E-state index is 12.3. The number of piperazine rings is 1. The standard InChI is InChI=1S/C15H26N2O/c18-15(13-5-1-2-6-13)17-11-9-16(10-12-17)14-7-3-4-8-14/h13-14H,1-12H2. The van der Waals surface area contributed by atoms with Gasteiger partial charge in [-0.1, -0.05) is 25.7 Å². The summed E-state index contributed by atoms with van der Waals surface area (Å²) in [5.41, 5.74) is 0. The topological polar surface area (TPSA) is 23.6 Å². The summed E-state index contributed by atoms with van der Waals surface area (Å²) < 4.78 is 0. The summed E-state index contributed by atoms with van der Waals surface area (Å²) in [7, 11) is 0. The van der Waals surface area contributed by atoms with Crippen molar-refractivity contribution in [3.63, 3.8) is 0 Å². The largest absolute Gasteiger partial charge is 0.340 e. The van der Waals surface area contributed by atoms with Gasteiger partial charge in [0.25, 0.3) is 0 Å². The molecule has 3 heteroatoms. The molecule has 102 valence electrons. The van der Waals surface area contributed by atoms with E-state index in [1.165, 1.54) is 38.5 Å². The molecule has 0 N–H and O–H groups in total. The van der Waals surface area contributed by atoms with E-state index in [9.17, 15) is 4.79 Å². The number of hydrogen-bond acceptors (Lipinski definition) is 2. The van der Waals surface area contributed by atoms with Crippen molar-refractivity contribution in [3.05, 3.63) is 0 Å². The molecule has 3 fully saturated rings. The Labute approximate surface area is 111 Å². The van der Waals surface area contributed by atoms with Gasteiger partial charge in [0.1, 0.15) is 0 Å². The number of amides is 1. The number of carbonyl (C=O) groups is 1. The predicted octanol–water partition coefficient (Wildman–Crippen LogP) is 2.26. The Morgan fingerprint density at radius 1 is 0.778 bits per heavy atom. The lowest BCUT2D eigenvalue weighted by Gasteiger charge is -2.39. The van der Waals surface area contributed by atoms with Crippen LogP contribution in [0.5, 0.6) is 0 Å². The fourth-order valence-corrected chi connectivity index (χ4v) is 4.01. The zero-order chi connectivity index (χ0) is 12.4. The van der Waals surface area contributed by atoms with Crippen LogP contribution in [0.25, 0.3) is 0 Å². The van der Waals surface area contributed by atoms with Crippen LogP contribution in [0.2, 0.25) is 0 Å². The number of rotatable bonds is 2. The predicted molar refractivity (Wildman–Crippen MR) is 72.4 cm³/mol. The molecule has 3 rings (SSSR count). The fraction of sp³-hybridized carbons (Fsp3) is 0.933. The van der Waals surface area contributed by atoms with Crippen LogP contribution in [0.4, 0.5) is 0 Å². The van der Waals surface area contributed by atoms with Crippen LogP contribution in [-0.2, 0) is 4.79 Å². The lowest BCUT2D eigenvalue weighted by molar-refractivity contribution is -0.137. The minimum atomic E-state index is 0.364. The Hall–Kier alpha value is -0.570. The van der Waals surface area contributed by atoms with Gasteiger partial charge in [-0.05, 0) is 25.7 Å². The average Bonchev–Trinajstić information content (AvgIpc) is 3.11. The number of carbonyl (C=O) groups excluding carboxylic acids is 1. The summed E-state index contributed by atoms with van der Waals surface area (Å²) in [6.07, 6.45) is 10.4. The highest BCUT2D eigenvalue weighted by atomic mass is 16.2. The highest BCUT2D eigenvalue weighted by Gasteiger charge is 2.31. The molecule has 0 unspecified atom stereocenters. The van der Waals surface area contributed by atoms with Gasteiger partial charge in [-0.2, -0.15) is 0 Å². The summed E-state index contributed by atoms with van der Waals surface area (Å²) in [6.45, 7) is 4.18. The Balaban J connectivity index is 1.48. The Morgan fingerprint density at radius 3 is 1.94 bits per heavy atom.